The number of rotatable bonds is 3. The first-order chi connectivity index (χ1) is 9.65. The first-order valence-corrected chi connectivity index (χ1v) is 7.65. The van der Waals surface area contributed by atoms with Crippen molar-refractivity contribution in [2.75, 3.05) is 5.32 Å². The highest BCUT2D eigenvalue weighted by Crippen LogP contribution is 2.31. The van der Waals surface area contributed by atoms with E-state index in [4.69, 9.17) is 11.6 Å². The van der Waals surface area contributed by atoms with Crippen molar-refractivity contribution in [1.82, 2.24) is 9.97 Å². The zero-order valence-corrected chi connectivity index (χ0v) is 12.8. The van der Waals surface area contributed by atoms with Crippen LogP contribution in [-0.2, 0) is 6.42 Å². The molecule has 0 fully saturated rings. The molecule has 3 aromatic rings. The highest BCUT2D eigenvalue weighted by Gasteiger charge is 2.10. The fourth-order valence-electron chi connectivity index (χ4n) is 2.07. The molecule has 2 heterocycles. The first kappa shape index (κ1) is 13.3. The summed E-state index contributed by atoms with van der Waals surface area (Å²) in [6.45, 7) is 4.20. The van der Waals surface area contributed by atoms with Gasteiger partial charge in [0.2, 0.25) is 5.28 Å². The molecule has 0 spiro atoms. The molecular weight excluding hydrogens is 290 g/mol. The molecule has 0 aliphatic heterocycles. The van der Waals surface area contributed by atoms with Gasteiger partial charge in [0.1, 0.15) is 10.6 Å². The second-order valence-electron chi connectivity index (χ2n) is 4.62. The van der Waals surface area contributed by atoms with Crippen molar-refractivity contribution in [3.05, 3.63) is 46.1 Å². The molecule has 3 rings (SSSR count). The number of fused-ring (bicyclic) bond motifs is 1. The molecule has 0 atom stereocenters. The van der Waals surface area contributed by atoms with Gasteiger partial charge in [0.15, 0.2) is 0 Å². The average molecular weight is 304 g/mol. The number of hydrogen-bond acceptors (Lipinski definition) is 4. The number of nitrogens with zero attached hydrogens (tertiary/aromatic N) is 2. The Balaban J connectivity index is 2.08. The van der Waals surface area contributed by atoms with Crippen molar-refractivity contribution in [3.63, 3.8) is 0 Å². The largest absolute Gasteiger partial charge is 0.340 e. The molecule has 0 unspecified atom stereocenters. The molecule has 20 heavy (non-hydrogen) atoms. The topological polar surface area (TPSA) is 37.8 Å². The third-order valence-corrected chi connectivity index (χ3v) is 4.39. The van der Waals surface area contributed by atoms with Gasteiger partial charge in [0.05, 0.1) is 5.39 Å². The van der Waals surface area contributed by atoms with E-state index in [2.05, 4.69) is 47.3 Å². The van der Waals surface area contributed by atoms with E-state index in [0.717, 1.165) is 28.1 Å². The normalized spacial score (nSPS) is 10.9. The van der Waals surface area contributed by atoms with Crippen LogP contribution in [0.4, 0.5) is 11.5 Å². The summed E-state index contributed by atoms with van der Waals surface area (Å²) in [4.78, 5) is 10.8. The molecule has 0 radical (unpaired) electrons. The summed E-state index contributed by atoms with van der Waals surface area (Å²) in [5.41, 5.74) is 2.20. The number of aryl methyl sites for hydroxylation is 2. The zero-order valence-electron chi connectivity index (χ0n) is 11.3. The Labute approximate surface area is 126 Å². The summed E-state index contributed by atoms with van der Waals surface area (Å²) in [5.74, 6) is 0.765. The van der Waals surface area contributed by atoms with Gasteiger partial charge in [-0.1, -0.05) is 19.1 Å². The minimum atomic E-state index is 0.275. The van der Waals surface area contributed by atoms with Gasteiger partial charge >= 0.3 is 0 Å². The van der Waals surface area contributed by atoms with Crippen molar-refractivity contribution in [1.29, 1.82) is 0 Å². The van der Waals surface area contributed by atoms with E-state index in [1.54, 1.807) is 11.3 Å². The van der Waals surface area contributed by atoms with Crippen LogP contribution < -0.4 is 5.32 Å². The molecule has 1 N–H and O–H groups in total. The van der Waals surface area contributed by atoms with Gasteiger partial charge in [-0.05, 0) is 48.7 Å². The highest BCUT2D eigenvalue weighted by atomic mass is 35.5. The van der Waals surface area contributed by atoms with Gasteiger partial charge in [0.25, 0.3) is 0 Å². The lowest BCUT2D eigenvalue weighted by Crippen LogP contribution is -1.96. The minimum Gasteiger partial charge on any atom is -0.340 e. The predicted molar refractivity (Wildman–Crippen MR) is 86.3 cm³/mol. The summed E-state index contributed by atoms with van der Waals surface area (Å²) >= 11 is 7.68. The van der Waals surface area contributed by atoms with Crippen LogP contribution in [0.15, 0.2) is 30.3 Å². The van der Waals surface area contributed by atoms with E-state index in [1.807, 2.05) is 12.1 Å². The molecule has 102 valence electrons. The third-order valence-electron chi connectivity index (χ3n) is 3.05. The summed E-state index contributed by atoms with van der Waals surface area (Å²) in [6.07, 6.45) is 0.989. The quantitative estimate of drug-likeness (QED) is 0.695. The van der Waals surface area contributed by atoms with E-state index in [0.29, 0.717) is 0 Å². The first-order valence-electron chi connectivity index (χ1n) is 6.45. The van der Waals surface area contributed by atoms with Crippen LogP contribution in [0.2, 0.25) is 5.28 Å². The molecule has 0 aliphatic carbocycles. The van der Waals surface area contributed by atoms with Crippen LogP contribution in [0.5, 0.6) is 0 Å². The molecule has 0 saturated heterocycles. The molecule has 0 aliphatic rings. The van der Waals surface area contributed by atoms with Crippen molar-refractivity contribution in [2.45, 2.75) is 20.3 Å². The minimum absolute atomic E-state index is 0.275. The van der Waals surface area contributed by atoms with E-state index in [9.17, 15) is 0 Å². The van der Waals surface area contributed by atoms with Crippen LogP contribution in [-0.4, -0.2) is 9.97 Å². The van der Waals surface area contributed by atoms with Crippen LogP contribution >= 0.6 is 22.9 Å². The number of benzene rings is 1. The number of hydrogen-bond donors (Lipinski definition) is 1. The number of thiophene rings is 1. The fourth-order valence-corrected chi connectivity index (χ4v) is 3.26. The Morgan fingerprint density at radius 3 is 2.85 bits per heavy atom. The maximum Gasteiger partial charge on any atom is 0.225 e. The van der Waals surface area contributed by atoms with Crippen molar-refractivity contribution in [2.24, 2.45) is 0 Å². The van der Waals surface area contributed by atoms with Gasteiger partial charge in [-0.25, -0.2) is 4.98 Å². The molecule has 0 amide bonds. The summed E-state index contributed by atoms with van der Waals surface area (Å²) in [5, 5.41) is 4.64. The van der Waals surface area contributed by atoms with E-state index >= 15 is 0 Å². The molecule has 3 nitrogen and oxygen atoms in total. The van der Waals surface area contributed by atoms with E-state index in [-0.39, 0.29) is 5.28 Å². The van der Waals surface area contributed by atoms with Crippen molar-refractivity contribution in [3.8, 4) is 0 Å². The van der Waals surface area contributed by atoms with Gasteiger partial charge in [-0.15, -0.1) is 11.3 Å². The average Bonchev–Trinajstić information content (AvgIpc) is 2.82. The lowest BCUT2D eigenvalue weighted by Gasteiger charge is -2.07. The number of anilines is 2. The standard InChI is InChI=1S/C15H14ClN3S/c1-3-11-8-12-13(18-15(16)19-14(12)20-11)17-10-6-4-5-9(2)7-10/h4-8H,3H2,1-2H3,(H,17,18,19). The van der Waals surface area contributed by atoms with E-state index in [1.165, 1.54) is 10.4 Å². The Morgan fingerprint density at radius 1 is 1.25 bits per heavy atom. The highest BCUT2D eigenvalue weighted by molar-refractivity contribution is 7.18. The van der Waals surface area contributed by atoms with Crippen LogP contribution in [0, 0.1) is 6.92 Å². The molecule has 0 saturated carbocycles. The van der Waals surface area contributed by atoms with Gasteiger partial charge in [-0.2, -0.15) is 4.98 Å². The lowest BCUT2D eigenvalue weighted by atomic mass is 10.2. The molecule has 2 aromatic heterocycles. The molecular formula is C15H14ClN3S. The second-order valence-corrected chi connectivity index (χ2v) is 6.07. The Kier molecular flexibility index (Phi) is 3.59. The lowest BCUT2D eigenvalue weighted by molar-refractivity contribution is 1.19. The Morgan fingerprint density at radius 2 is 2.10 bits per heavy atom. The molecule has 1 aromatic carbocycles. The summed E-state index contributed by atoms with van der Waals surface area (Å²) in [6, 6.07) is 10.3. The number of aromatic nitrogens is 2. The molecule has 0 bridgehead atoms. The maximum absolute atomic E-state index is 6.02. The summed E-state index contributed by atoms with van der Waals surface area (Å²) in [7, 11) is 0. The number of nitrogens with one attached hydrogen (secondary N) is 1. The van der Waals surface area contributed by atoms with Crippen LogP contribution in [0.3, 0.4) is 0 Å². The van der Waals surface area contributed by atoms with Gasteiger partial charge in [-0.3, -0.25) is 0 Å². The van der Waals surface area contributed by atoms with Crippen LogP contribution in [0.25, 0.3) is 10.2 Å². The SMILES string of the molecule is CCc1cc2c(Nc3cccc(C)c3)nc(Cl)nc2s1. The second kappa shape index (κ2) is 5.38. The van der Waals surface area contributed by atoms with Gasteiger partial charge < -0.3 is 5.32 Å². The maximum atomic E-state index is 6.02. The number of halogens is 1. The van der Waals surface area contributed by atoms with Crippen molar-refractivity contribution < 1.29 is 0 Å². The van der Waals surface area contributed by atoms with E-state index < -0.39 is 0 Å². The zero-order chi connectivity index (χ0) is 14.1. The van der Waals surface area contributed by atoms with Crippen LogP contribution in [0.1, 0.15) is 17.4 Å². The summed E-state index contributed by atoms with van der Waals surface area (Å²) < 4.78 is 0. The Hall–Kier alpha value is -1.65. The Bertz CT molecular complexity index is 767. The molecule has 5 heteroatoms. The van der Waals surface area contributed by atoms with Gasteiger partial charge in [0, 0.05) is 10.6 Å². The monoisotopic (exact) mass is 303 g/mol. The smallest absolute Gasteiger partial charge is 0.225 e. The predicted octanol–water partition coefficient (Wildman–Crippen LogP) is 4.96. The fraction of sp³-hybridized carbons (Fsp3) is 0.200. The van der Waals surface area contributed by atoms with Crippen molar-refractivity contribution >= 4 is 44.7 Å². The third kappa shape index (κ3) is 2.62.